The summed E-state index contributed by atoms with van der Waals surface area (Å²) >= 11 is 0. The van der Waals surface area contributed by atoms with Crippen molar-refractivity contribution in [2.24, 2.45) is 5.14 Å². The SMILES string of the molecule is COc1cc(-c2ccoc2)ccc1S(N)(=O)=O. The highest BCUT2D eigenvalue weighted by Crippen LogP contribution is 2.29. The monoisotopic (exact) mass is 253 g/mol. The molecule has 0 amide bonds. The van der Waals surface area contributed by atoms with Crippen LogP contribution in [0.3, 0.4) is 0 Å². The van der Waals surface area contributed by atoms with Crippen molar-refractivity contribution in [3.8, 4) is 16.9 Å². The Morgan fingerprint density at radius 2 is 2.00 bits per heavy atom. The molecule has 5 nitrogen and oxygen atoms in total. The number of sulfonamides is 1. The first-order chi connectivity index (χ1) is 8.02. The van der Waals surface area contributed by atoms with Crippen molar-refractivity contribution in [2.45, 2.75) is 4.90 Å². The summed E-state index contributed by atoms with van der Waals surface area (Å²) in [5.74, 6) is 0.214. The molecule has 1 heterocycles. The van der Waals surface area contributed by atoms with Gasteiger partial charge < -0.3 is 9.15 Å². The molecule has 2 aromatic rings. The zero-order valence-corrected chi connectivity index (χ0v) is 9.90. The van der Waals surface area contributed by atoms with E-state index in [0.717, 1.165) is 11.1 Å². The minimum atomic E-state index is -3.78. The van der Waals surface area contributed by atoms with E-state index in [-0.39, 0.29) is 10.6 Å². The normalized spacial score (nSPS) is 11.4. The molecule has 0 aliphatic carbocycles. The van der Waals surface area contributed by atoms with Gasteiger partial charge in [-0.25, -0.2) is 13.6 Å². The van der Waals surface area contributed by atoms with Gasteiger partial charge in [0.15, 0.2) is 0 Å². The van der Waals surface area contributed by atoms with Crippen molar-refractivity contribution in [2.75, 3.05) is 7.11 Å². The van der Waals surface area contributed by atoms with E-state index in [9.17, 15) is 8.42 Å². The molecule has 17 heavy (non-hydrogen) atoms. The van der Waals surface area contributed by atoms with Crippen LogP contribution >= 0.6 is 0 Å². The Balaban J connectivity index is 2.56. The predicted octanol–water partition coefficient (Wildman–Crippen LogP) is 1.60. The summed E-state index contributed by atoms with van der Waals surface area (Å²) in [6.07, 6.45) is 3.10. The molecule has 2 rings (SSSR count). The maximum atomic E-state index is 11.3. The van der Waals surface area contributed by atoms with Crippen molar-refractivity contribution in [3.05, 3.63) is 36.8 Å². The van der Waals surface area contributed by atoms with E-state index in [2.05, 4.69) is 0 Å². The second-order valence-electron chi connectivity index (χ2n) is 3.42. The first-order valence-corrected chi connectivity index (χ1v) is 6.30. The minimum Gasteiger partial charge on any atom is -0.495 e. The van der Waals surface area contributed by atoms with E-state index in [4.69, 9.17) is 14.3 Å². The zero-order valence-electron chi connectivity index (χ0n) is 9.08. The van der Waals surface area contributed by atoms with Crippen LogP contribution in [0.2, 0.25) is 0 Å². The summed E-state index contributed by atoms with van der Waals surface area (Å²) in [6, 6.07) is 6.43. The average molecular weight is 253 g/mol. The summed E-state index contributed by atoms with van der Waals surface area (Å²) < 4.78 is 32.6. The molecule has 0 radical (unpaired) electrons. The summed E-state index contributed by atoms with van der Waals surface area (Å²) in [7, 11) is -2.39. The van der Waals surface area contributed by atoms with Crippen LogP contribution in [-0.2, 0) is 10.0 Å². The highest BCUT2D eigenvalue weighted by molar-refractivity contribution is 7.89. The molecule has 1 aromatic carbocycles. The average Bonchev–Trinajstić information content (AvgIpc) is 2.80. The van der Waals surface area contributed by atoms with Crippen LogP contribution in [0.15, 0.2) is 46.1 Å². The molecular formula is C11H11NO4S. The van der Waals surface area contributed by atoms with E-state index in [0.29, 0.717) is 0 Å². The molecule has 2 N–H and O–H groups in total. The lowest BCUT2D eigenvalue weighted by molar-refractivity contribution is 0.403. The highest BCUT2D eigenvalue weighted by Gasteiger charge is 2.15. The molecule has 0 saturated carbocycles. The second kappa shape index (κ2) is 4.23. The van der Waals surface area contributed by atoms with E-state index in [1.807, 2.05) is 0 Å². The molecule has 90 valence electrons. The summed E-state index contributed by atoms with van der Waals surface area (Å²) in [6.45, 7) is 0. The number of hydrogen-bond acceptors (Lipinski definition) is 4. The smallest absolute Gasteiger partial charge is 0.241 e. The van der Waals surface area contributed by atoms with E-state index >= 15 is 0 Å². The van der Waals surface area contributed by atoms with Crippen LogP contribution in [0.1, 0.15) is 0 Å². The third-order valence-electron chi connectivity index (χ3n) is 2.32. The van der Waals surface area contributed by atoms with Gasteiger partial charge >= 0.3 is 0 Å². The number of methoxy groups -OCH3 is 1. The van der Waals surface area contributed by atoms with Gasteiger partial charge in [-0.15, -0.1) is 0 Å². The first-order valence-electron chi connectivity index (χ1n) is 4.76. The topological polar surface area (TPSA) is 82.5 Å². The van der Waals surface area contributed by atoms with Crippen molar-refractivity contribution in [3.63, 3.8) is 0 Å². The molecule has 0 unspecified atom stereocenters. The lowest BCUT2D eigenvalue weighted by atomic mass is 10.1. The highest BCUT2D eigenvalue weighted by atomic mass is 32.2. The summed E-state index contributed by atoms with van der Waals surface area (Å²) in [5, 5.41) is 5.08. The van der Waals surface area contributed by atoms with E-state index in [1.165, 1.54) is 19.4 Å². The van der Waals surface area contributed by atoms with E-state index < -0.39 is 10.0 Å². The maximum Gasteiger partial charge on any atom is 0.241 e. The summed E-state index contributed by atoms with van der Waals surface area (Å²) in [5.41, 5.74) is 1.63. The molecule has 6 heteroatoms. The Morgan fingerprint density at radius 3 is 2.53 bits per heavy atom. The van der Waals surface area contributed by atoms with Crippen LogP contribution in [-0.4, -0.2) is 15.5 Å². The van der Waals surface area contributed by atoms with Crippen LogP contribution < -0.4 is 9.88 Å². The fourth-order valence-electron chi connectivity index (χ4n) is 1.51. The Kier molecular flexibility index (Phi) is 2.91. The van der Waals surface area contributed by atoms with Crippen LogP contribution in [0.25, 0.3) is 11.1 Å². The van der Waals surface area contributed by atoms with E-state index in [1.54, 1.807) is 24.5 Å². The molecule has 0 bridgehead atoms. The van der Waals surface area contributed by atoms with Crippen LogP contribution in [0, 0.1) is 0 Å². The second-order valence-corrected chi connectivity index (χ2v) is 4.95. The van der Waals surface area contributed by atoms with Gasteiger partial charge in [-0.1, -0.05) is 6.07 Å². The predicted molar refractivity (Wildman–Crippen MR) is 62.1 cm³/mol. The zero-order chi connectivity index (χ0) is 12.5. The molecule has 0 saturated heterocycles. The van der Waals surface area contributed by atoms with Gasteiger partial charge in [-0.2, -0.15) is 0 Å². The quantitative estimate of drug-likeness (QED) is 0.900. The first kappa shape index (κ1) is 11.7. The molecule has 0 aliphatic heterocycles. The molecule has 0 spiro atoms. The van der Waals surface area contributed by atoms with Crippen molar-refractivity contribution >= 4 is 10.0 Å². The summed E-state index contributed by atoms with van der Waals surface area (Å²) in [4.78, 5) is -0.0350. The molecule has 0 atom stereocenters. The van der Waals surface area contributed by atoms with Gasteiger partial charge in [0.25, 0.3) is 0 Å². The lowest BCUT2D eigenvalue weighted by Crippen LogP contribution is -2.13. The number of benzene rings is 1. The molecule has 0 aliphatic rings. The van der Waals surface area contributed by atoms with Crippen LogP contribution in [0.4, 0.5) is 0 Å². The number of furan rings is 1. The molecular weight excluding hydrogens is 242 g/mol. The van der Waals surface area contributed by atoms with Crippen LogP contribution in [0.5, 0.6) is 5.75 Å². The van der Waals surface area contributed by atoms with Crippen molar-refractivity contribution in [1.29, 1.82) is 0 Å². The fraction of sp³-hybridized carbons (Fsp3) is 0.0909. The third kappa shape index (κ3) is 2.32. The Bertz CT molecular complexity index is 617. The number of ether oxygens (including phenoxy) is 1. The minimum absolute atomic E-state index is 0.0350. The Hall–Kier alpha value is -1.79. The fourth-order valence-corrected chi connectivity index (χ4v) is 2.19. The van der Waals surface area contributed by atoms with Crippen molar-refractivity contribution < 1.29 is 17.6 Å². The van der Waals surface area contributed by atoms with Gasteiger partial charge in [0.05, 0.1) is 19.6 Å². The Labute approximate surface area is 98.9 Å². The number of hydrogen-bond donors (Lipinski definition) is 1. The standard InChI is InChI=1S/C11H11NO4S/c1-15-10-6-8(9-4-5-16-7-9)2-3-11(10)17(12,13)14/h2-7H,1H3,(H2,12,13,14). The molecule has 0 fully saturated rings. The number of primary sulfonamides is 1. The lowest BCUT2D eigenvalue weighted by Gasteiger charge is -2.08. The van der Waals surface area contributed by atoms with Gasteiger partial charge in [-0.3, -0.25) is 0 Å². The van der Waals surface area contributed by atoms with Gasteiger partial charge in [0.1, 0.15) is 10.6 Å². The van der Waals surface area contributed by atoms with Crippen molar-refractivity contribution in [1.82, 2.24) is 0 Å². The maximum absolute atomic E-state index is 11.3. The van der Waals surface area contributed by atoms with Gasteiger partial charge in [-0.05, 0) is 23.8 Å². The Morgan fingerprint density at radius 1 is 1.24 bits per heavy atom. The largest absolute Gasteiger partial charge is 0.495 e. The number of rotatable bonds is 3. The van der Waals surface area contributed by atoms with Gasteiger partial charge in [0, 0.05) is 5.56 Å². The third-order valence-corrected chi connectivity index (χ3v) is 3.27. The van der Waals surface area contributed by atoms with Gasteiger partial charge in [0.2, 0.25) is 10.0 Å². The molecule has 1 aromatic heterocycles. The number of nitrogens with two attached hydrogens (primary N) is 1.